The van der Waals surface area contributed by atoms with Crippen molar-refractivity contribution in [3.05, 3.63) is 34.1 Å². The summed E-state index contributed by atoms with van der Waals surface area (Å²) in [5.41, 5.74) is 7.31. The van der Waals surface area contributed by atoms with Crippen LogP contribution in [0, 0.1) is 0 Å². The summed E-state index contributed by atoms with van der Waals surface area (Å²) in [6, 6.07) is 5.20. The van der Waals surface area contributed by atoms with Gasteiger partial charge in [0.15, 0.2) is 5.82 Å². The van der Waals surface area contributed by atoms with E-state index in [-0.39, 0.29) is 0 Å². The van der Waals surface area contributed by atoms with Crippen LogP contribution in [0.4, 0.5) is 5.82 Å². The third-order valence-electron chi connectivity index (χ3n) is 3.10. The average Bonchev–Trinajstić information content (AvgIpc) is 3.13. The lowest BCUT2D eigenvalue weighted by Crippen LogP contribution is -2.14. The second-order valence-corrected chi connectivity index (χ2v) is 5.32. The molecule has 0 atom stereocenters. The summed E-state index contributed by atoms with van der Waals surface area (Å²) < 4.78 is 1.45. The Hall–Kier alpha value is -1.39. The fraction of sp³-hybridized carbons (Fsp3) is 0.250. The minimum atomic E-state index is 0.418. The zero-order valence-electron chi connectivity index (χ0n) is 9.53. The first-order valence-electron chi connectivity index (χ1n) is 5.66. The Kier molecular flexibility index (Phi) is 2.64. The second-order valence-electron chi connectivity index (χ2n) is 4.47. The van der Waals surface area contributed by atoms with Gasteiger partial charge in [-0.25, -0.2) is 9.66 Å². The van der Waals surface area contributed by atoms with E-state index in [1.165, 1.54) is 4.68 Å². The highest BCUT2D eigenvalue weighted by atomic mass is 35.5. The van der Waals surface area contributed by atoms with E-state index in [0.717, 1.165) is 18.7 Å². The van der Waals surface area contributed by atoms with E-state index in [9.17, 15) is 0 Å². The van der Waals surface area contributed by atoms with Crippen LogP contribution < -0.4 is 11.6 Å². The number of imidazole rings is 1. The number of nitrogen functional groups attached to an aromatic ring is 2. The molecule has 1 aliphatic rings. The van der Waals surface area contributed by atoms with E-state index in [1.807, 2.05) is 0 Å². The van der Waals surface area contributed by atoms with E-state index >= 15 is 0 Å². The van der Waals surface area contributed by atoms with Crippen molar-refractivity contribution in [3.8, 4) is 11.3 Å². The molecule has 1 aromatic carbocycles. The minimum Gasteiger partial charge on any atom is -0.382 e. The molecule has 3 rings (SSSR count). The summed E-state index contributed by atoms with van der Waals surface area (Å²) in [7, 11) is 0. The summed E-state index contributed by atoms with van der Waals surface area (Å²) in [6.07, 6.45) is 2.22. The fourth-order valence-electron chi connectivity index (χ4n) is 1.97. The number of benzene rings is 1. The largest absolute Gasteiger partial charge is 0.382 e. The van der Waals surface area contributed by atoms with Gasteiger partial charge >= 0.3 is 0 Å². The molecule has 0 radical (unpaired) electrons. The monoisotopic (exact) mass is 282 g/mol. The molecule has 18 heavy (non-hydrogen) atoms. The van der Waals surface area contributed by atoms with Gasteiger partial charge in [0.05, 0.1) is 5.02 Å². The van der Waals surface area contributed by atoms with Gasteiger partial charge in [0.1, 0.15) is 11.5 Å². The lowest BCUT2D eigenvalue weighted by molar-refractivity contribution is 0.855. The van der Waals surface area contributed by atoms with Crippen molar-refractivity contribution in [2.75, 3.05) is 11.6 Å². The lowest BCUT2D eigenvalue weighted by Gasteiger charge is -2.03. The molecular weight excluding hydrogens is 271 g/mol. The number of halogens is 2. The van der Waals surface area contributed by atoms with Crippen molar-refractivity contribution in [1.29, 1.82) is 0 Å². The molecule has 2 aromatic rings. The summed E-state index contributed by atoms with van der Waals surface area (Å²) in [5.74, 6) is 7.58. The highest BCUT2D eigenvalue weighted by Crippen LogP contribution is 2.42. The van der Waals surface area contributed by atoms with Crippen molar-refractivity contribution in [1.82, 2.24) is 9.66 Å². The third-order valence-corrected chi connectivity index (χ3v) is 3.67. The molecule has 0 saturated heterocycles. The second kappa shape index (κ2) is 4.07. The Morgan fingerprint density at radius 3 is 2.67 bits per heavy atom. The first-order chi connectivity index (χ1) is 8.58. The highest BCUT2D eigenvalue weighted by Gasteiger charge is 2.30. The number of hydrogen-bond donors (Lipinski definition) is 2. The molecule has 1 aliphatic carbocycles. The highest BCUT2D eigenvalue weighted by molar-refractivity contribution is 6.35. The Labute approximate surface area is 114 Å². The summed E-state index contributed by atoms with van der Waals surface area (Å²) in [5, 5.41) is 1.15. The Morgan fingerprint density at radius 1 is 1.28 bits per heavy atom. The zero-order valence-corrected chi connectivity index (χ0v) is 11.0. The van der Waals surface area contributed by atoms with Gasteiger partial charge < -0.3 is 11.6 Å². The minimum absolute atomic E-state index is 0.418. The predicted octanol–water partition coefficient (Wildman–Crippen LogP) is 3.03. The van der Waals surface area contributed by atoms with Gasteiger partial charge in [0.2, 0.25) is 0 Å². The maximum absolute atomic E-state index is 6.16. The summed E-state index contributed by atoms with van der Waals surface area (Å²) in [6.45, 7) is 0. The summed E-state index contributed by atoms with van der Waals surface area (Å²) in [4.78, 5) is 4.51. The van der Waals surface area contributed by atoms with Crippen molar-refractivity contribution in [3.63, 3.8) is 0 Å². The lowest BCUT2D eigenvalue weighted by atomic mass is 10.1. The number of rotatable bonds is 2. The van der Waals surface area contributed by atoms with Crippen LogP contribution in [0.1, 0.15) is 24.6 Å². The molecule has 1 saturated carbocycles. The predicted molar refractivity (Wildman–Crippen MR) is 74.2 cm³/mol. The molecule has 0 bridgehead atoms. The molecule has 94 valence electrons. The number of hydrogen-bond acceptors (Lipinski definition) is 3. The van der Waals surface area contributed by atoms with Gasteiger partial charge in [-0.05, 0) is 31.0 Å². The van der Waals surface area contributed by atoms with Crippen LogP contribution in [0.5, 0.6) is 0 Å². The number of nitrogens with zero attached hydrogens (tertiary/aromatic N) is 2. The van der Waals surface area contributed by atoms with E-state index in [4.69, 9.17) is 34.8 Å². The smallest absolute Gasteiger partial charge is 0.150 e. The van der Waals surface area contributed by atoms with E-state index in [1.54, 1.807) is 18.2 Å². The quantitative estimate of drug-likeness (QED) is 0.832. The topological polar surface area (TPSA) is 69.9 Å². The van der Waals surface area contributed by atoms with Gasteiger partial charge in [0.25, 0.3) is 0 Å². The fourth-order valence-corrected chi connectivity index (χ4v) is 2.35. The molecular formula is C12H12Cl2N4. The first-order valence-corrected chi connectivity index (χ1v) is 6.42. The summed E-state index contributed by atoms with van der Waals surface area (Å²) >= 11 is 12.1. The number of anilines is 1. The van der Waals surface area contributed by atoms with Crippen LogP contribution in [0.3, 0.4) is 0 Å². The SMILES string of the molecule is Nc1c(-c2cc(Cl)ccc2Cl)nc(C2CC2)n1N. The molecule has 1 heterocycles. The zero-order chi connectivity index (χ0) is 12.9. The third kappa shape index (κ3) is 1.82. The molecule has 4 N–H and O–H groups in total. The van der Waals surface area contributed by atoms with E-state index < -0.39 is 0 Å². The van der Waals surface area contributed by atoms with Gasteiger partial charge in [0, 0.05) is 16.5 Å². The maximum Gasteiger partial charge on any atom is 0.150 e. The normalized spacial score (nSPS) is 15.0. The van der Waals surface area contributed by atoms with Crippen LogP contribution in [0.2, 0.25) is 10.0 Å². The molecule has 0 amide bonds. The number of aromatic nitrogens is 2. The molecule has 4 nitrogen and oxygen atoms in total. The molecule has 1 aromatic heterocycles. The van der Waals surface area contributed by atoms with Gasteiger partial charge in [-0.3, -0.25) is 0 Å². The first kappa shape index (κ1) is 11.7. The van der Waals surface area contributed by atoms with Crippen molar-refractivity contribution >= 4 is 29.0 Å². The molecule has 0 unspecified atom stereocenters. The van der Waals surface area contributed by atoms with E-state index in [2.05, 4.69) is 4.98 Å². The van der Waals surface area contributed by atoms with Crippen LogP contribution >= 0.6 is 23.2 Å². The van der Waals surface area contributed by atoms with Gasteiger partial charge in [-0.15, -0.1) is 0 Å². The van der Waals surface area contributed by atoms with Crippen LogP contribution in [0.15, 0.2) is 18.2 Å². The molecule has 0 aliphatic heterocycles. The molecule has 1 fully saturated rings. The van der Waals surface area contributed by atoms with Crippen molar-refractivity contribution in [2.24, 2.45) is 0 Å². The van der Waals surface area contributed by atoms with E-state index in [0.29, 0.717) is 33.0 Å². The molecule has 6 heteroatoms. The van der Waals surface area contributed by atoms with Crippen LogP contribution in [-0.2, 0) is 0 Å². The van der Waals surface area contributed by atoms with Crippen LogP contribution in [0.25, 0.3) is 11.3 Å². The van der Waals surface area contributed by atoms with Crippen molar-refractivity contribution in [2.45, 2.75) is 18.8 Å². The van der Waals surface area contributed by atoms with Gasteiger partial charge in [-0.2, -0.15) is 0 Å². The van der Waals surface area contributed by atoms with Crippen LogP contribution in [-0.4, -0.2) is 9.66 Å². The Bertz CT molecular complexity index is 617. The Balaban J connectivity index is 2.16. The Morgan fingerprint density at radius 2 is 2.00 bits per heavy atom. The van der Waals surface area contributed by atoms with Crippen molar-refractivity contribution < 1.29 is 0 Å². The maximum atomic E-state index is 6.16. The van der Waals surface area contributed by atoms with Gasteiger partial charge in [-0.1, -0.05) is 23.2 Å². The molecule has 0 spiro atoms. The standard InChI is InChI=1S/C12H12Cl2N4/c13-7-3-4-9(14)8(5-7)10-11(15)18(16)12(17-10)6-1-2-6/h3-6H,1-2,15-16H2. The number of nitrogens with two attached hydrogens (primary N) is 2. The average molecular weight is 283 g/mol.